The number of carbonyl (C=O) groups is 1. The molecule has 4 rings (SSSR count). The third-order valence-corrected chi connectivity index (χ3v) is 6.90. The lowest BCUT2D eigenvalue weighted by molar-refractivity contribution is 0.0949. The highest BCUT2D eigenvalue weighted by atomic mass is 35.5. The van der Waals surface area contributed by atoms with Crippen molar-refractivity contribution in [2.45, 2.75) is 30.6 Å². The standard InChI is InChI=1S/C23H21ClN2OS2/c1-13(2)12-25-23(27)15-5-7-18-17(11-15)26-22(19-8-9-21(24)29-19)16-6-4-14(3)10-20(16)28-18/h4-11,13H,12H2,1-3H3,(H,25,27). The van der Waals surface area contributed by atoms with Crippen molar-refractivity contribution in [2.24, 2.45) is 10.9 Å². The Balaban J connectivity index is 1.81. The normalized spacial score (nSPS) is 12.8. The molecule has 1 N–H and O–H groups in total. The maximum atomic E-state index is 12.6. The average Bonchev–Trinajstić information content (AvgIpc) is 3.04. The van der Waals surface area contributed by atoms with E-state index < -0.39 is 0 Å². The Kier molecular flexibility index (Phi) is 5.81. The Morgan fingerprint density at radius 2 is 1.93 bits per heavy atom. The number of nitrogens with one attached hydrogen (secondary N) is 1. The van der Waals surface area contributed by atoms with E-state index in [4.69, 9.17) is 16.6 Å². The van der Waals surface area contributed by atoms with Crippen molar-refractivity contribution >= 4 is 52.0 Å². The van der Waals surface area contributed by atoms with E-state index in [1.54, 1.807) is 11.8 Å². The molecule has 0 atom stereocenters. The zero-order valence-corrected chi connectivity index (χ0v) is 18.8. The van der Waals surface area contributed by atoms with Crippen molar-refractivity contribution in [2.75, 3.05) is 6.54 Å². The Hall–Kier alpha value is -2.08. The van der Waals surface area contributed by atoms with Crippen LogP contribution in [0.1, 0.15) is 40.2 Å². The Labute approximate surface area is 184 Å². The van der Waals surface area contributed by atoms with Crippen molar-refractivity contribution in [3.8, 4) is 0 Å². The number of rotatable bonds is 4. The molecule has 0 spiro atoms. The molecule has 1 aliphatic rings. The van der Waals surface area contributed by atoms with Gasteiger partial charge in [-0.3, -0.25) is 4.79 Å². The molecule has 148 valence electrons. The maximum absolute atomic E-state index is 12.6. The summed E-state index contributed by atoms with van der Waals surface area (Å²) in [5, 5.41) is 2.98. The number of amides is 1. The average molecular weight is 441 g/mol. The molecule has 2 heterocycles. The molecule has 29 heavy (non-hydrogen) atoms. The monoisotopic (exact) mass is 440 g/mol. The van der Waals surface area contributed by atoms with E-state index in [2.05, 4.69) is 44.3 Å². The number of thiophene rings is 1. The Bertz CT molecular complexity index is 1120. The molecule has 0 saturated heterocycles. The van der Waals surface area contributed by atoms with E-state index in [-0.39, 0.29) is 5.91 Å². The Morgan fingerprint density at radius 3 is 2.66 bits per heavy atom. The third-order valence-electron chi connectivity index (χ3n) is 4.54. The van der Waals surface area contributed by atoms with Gasteiger partial charge >= 0.3 is 0 Å². The van der Waals surface area contributed by atoms with Gasteiger partial charge in [0.25, 0.3) is 5.91 Å². The second-order valence-corrected chi connectivity index (χ2v) is 10.3. The van der Waals surface area contributed by atoms with Crippen molar-refractivity contribution in [1.29, 1.82) is 0 Å². The summed E-state index contributed by atoms with van der Waals surface area (Å²) >= 11 is 9.41. The van der Waals surface area contributed by atoms with Gasteiger partial charge in [0.1, 0.15) is 0 Å². The number of nitrogens with zero attached hydrogens (tertiary/aromatic N) is 1. The van der Waals surface area contributed by atoms with Crippen LogP contribution < -0.4 is 5.32 Å². The van der Waals surface area contributed by atoms with Gasteiger partial charge in [0, 0.05) is 27.5 Å². The Morgan fingerprint density at radius 1 is 1.10 bits per heavy atom. The van der Waals surface area contributed by atoms with Crippen molar-refractivity contribution in [3.63, 3.8) is 0 Å². The lowest BCUT2D eigenvalue weighted by atomic mass is 10.1. The minimum atomic E-state index is -0.0694. The van der Waals surface area contributed by atoms with Crippen LogP contribution in [-0.2, 0) is 0 Å². The van der Waals surface area contributed by atoms with Gasteiger partial charge in [0.2, 0.25) is 0 Å². The van der Waals surface area contributed by atoms with E-state index in [9.17, 15) is 4.79 Å². The summed E-state index contributed by atoms with van der Waals surface area (Å²) < 4.78 is 0.732. The van der Waals surface area contributed by atoms with Crippen LogP contribution in [0.15, 0.2) is 63.3 Å². The van der Waals surface area contributed by atoms with Gasteiger partial charge in [-0.05, 0) is 54.8 Å². The molecule has 0 saturated carbocycles. The first-order valence-corrected chi connectivity index (χ1v) is 11.5. The molecule has 3 aromatic rings. The van der Waals surface area contributed by atoms with Crippen molar-refractivity contribution in [1.82, 2.24) is 5.32 Å². The van der Waals surface area contributed by atoms with Gasteiger partial charge in [-0.1, -0.05) is 49.3 Å². The number of carbonyl (C=O) groups excluding carboxylic acids is 1. The van der Waals surface area contributed by atoms with Crippen LogP contribution in [-0.4, -0.2) is 18.2 Å². The summed E-state index contributed by atoms with van der Waals surface area (Å²) in [6.07, 6.45) is 0. The summed E-state index contributed by atoms with van der Waals surface area (Å²) in [6, 6.07) is 16.0. The summed E-state index contributed by atoms with van der Waals surface area (Å²) in [7, 11) is 0. The topological polar surface area (TPSA) is 41.5 Å². The van der Waals surface area contributed by atoms with E-state index >= 15 is 0 Å². The first kappa shape index (κ1) is 20.2. The van der Waals surface area contributed by atoms with Crippen molar-refractivity contribution < 1.29 is 4.79 Å². The highest BCUT2D eigenvalue weighted by molar-refractivity contribution is 7.99. The van der Waals surface area contributed by atoms with Gasteiger partial charge in [-0.25, -0.2) is 4.99 Å². The van der Waals surface area contributed by atoms with Gasteiger partial charge in [0.15, 0.2) is 0 Å². The molecule has 3 nitrogen and oxygen atoms in total. The van der Waals surface area contributed by atoms with Crippen LogP contribution >= 0.6 is 34.7 Å². The quantitative estimate of drug-likeness (QED) is 0.382. The number of benzene rings is 2. The first-order chi connectivity index (χ1) is 13.9. The molecule has 0 unspecified atom stereocenters. The zero-order valence-electron chi connectivity index (χ0n) is 16.5. The molecular weight excluding hydrogens is 420 g/mol. The zero-order chi connectivity index (χ0) is 20.5. The van der Waals surface area contributed by atoms with Crippen LogP contribution in [0.25, 0.3) is 0 Å². The number of hydrogen-bond acceptors (Lipinski definition) is 4. The maximum Gasteiger partial charge on any atom is 0.251 e. The molecule has 1 aromatic heterocycles. The smallest absolute Gasteiger partial charge is 0.251 e. The lowest BCUT2D eigenvalue weighted by Crippen LogP contribution is -2.27. The SMILES string of the molecule is Cc1ccc2c(c1)Sc1ccc(C(=O)NCC(C)C)cc1N=C2c1ccc(Cl)s1. The number of fused-ring (bicyclic) bond motifs is 2. The summed E-state index contributed by atoms with van der Waals surface area (Å²) in [4.78, 5) is 20.8. The van der Waals surface area contributed by atoms with Crippen LogP contribution in [0.4, 0.5) is 5.69 Å². The molecule has 1 aliphatic heterocycles. The molecular formula is C23H21ClN2OS2. The predicted octanol–water partition coefficient (Wildman–Crippen LogP) is 6.73. The van der Waals surface area contributed by atoms with Gasteiger partial charge in [-0.15, -0.1) is 11.3 Å². The number of halogens is 1. The summed E-state index contributed by atoms with van der Waals surface area (Å²) in [5.41, 5.74) is 4.61. The highest BCUT2D eigenvalue weighted by Gasteiger charge is 2.21. The number of aliphatic imine (C=N–C) groups is 1. The third kappa shape index (κ3) is 4.42. The predicted molar refractivity (Wildman–Crippen MR) is 124 cm³/mol. The van der Waals surface area contributed by atoms with E-state index in [1.165, 1.54) is 16.9 Å². The minimum Gasteiger partial charge on any atom is -0.352 e. The van der Waals surface area contributed by atoms with E-state index in [0.717, 1.165) is 36.0 Å². The molecule has 0 radical (unpaired) electrons. The second-order valence-electron chi connectivity index (χ2n) is 7.45. The van der Waals surface area contributed by atoms with E-state index in [0.29, 0.717) is 18.0 Å². The van der Waals surface area contributed by atoms with E-state index in [1.807, 2.05) is 30.3 Å². The van der Waals surface area contributed by atoms with Gasteiger partial charge in [0.05, 0.1) is 20.6 Å². The summed E-state index contributed by atoms with van der Waals surface area (Å²) in [6.45, 7) is 6.90. The first-order valence-electron chi connectivity index (χ1n) is 9.46. The fraction of sp³-hybridized carbons (Fsp3) is 0.217. The van der Waals surface area contributed by atoms with Gasteiger partial charge < -0.3 is 5.32 Å². The molecule has 0 bridgehead atoms. The second kappa shape index (κ2) is 8.34. The van der Waals surface area contributed by atoms with Crippen LogP contribution in [0.5, 0.6) is 0 Å². The molecule has 0 fully saturated rings. The summed E-state index contributed by atoms with van der Waals surface area (Å²) in [5.74, 6) is 0.335. The fourth-order valence-corrected chi connectivity index (χ4v) is 5.22. The van der Waals surface area contributed by atoms with Crippen LogP contribution in [0, 0.1) is 12.8 Å². The van der Waals surface area contributed by atoms with Crippen LogP contribution in [0.3, 0.4) is 0 Å². The van der Waals surface area contributed by atoms with Crippen molar-refractivity contribution in [3.05, 3.63) is 74.4 Å². The van der Waals surface area contributed by atoms with Gasteiger partial charge in [-0.2, -0.15) is 0 Å². The lowest BCUT2D eigenvalue weighted by Gasteiger charge is -2.09. The van der Waals surface area contributed by atoms with Crippen LogP contribution in [0.2, 0.25) is 4.34 Å². The number of aryl methyl sites for hydroxylation is 1. The molecule has 6 heteroatoms. The largest absolute Gasteiger partial charge is 0.352 e. The fourth-order valence-electron chi connectivity index (χ4n) is 3.07. The molecule has 1 amide bonds. The molecule has 2 aromatic carbocycles. The highest BCUT2D eigenvalue weighted by Crippen LogP contribution is 2.42. The number of hydrogen-bond donors (Lipinski definition) is 1. The minimum absolute atomic E-state index is 0.0694. The molecule has 0 aliphatic carbocycles.